The zero-order chi connectivity index (χ0) is 12.6. The van der Waals surface area contributed by atoms with Crippen molar-refractivity contribution in [1.82, 2.24) is 15.1 Å². The standard InChI is InChI=1S/C14H21N3O/c1-2-9-17-12(5-8-16-17)11-10-15-13(18)14(11)6-3-4-7-14/h5,8,11H,2-4,6-7,9-10H2,1H3,(H,15,18)/t11-/m1/s1. The average molecular weight is 247 g/mol. The smallest absolute Gasteiger partial charge is 0.226 e. The van der Waals surface area contributed by atoms with Crippen LogP contribution in [-0.2, 0) is 11.3 Å². The second kappa shape index (κ2) is 4.41. The summed E-state index contributed by atoms with van der Waals surface area (Å²) in [6.07, 6.45) is 7.41. The third kappa shape index (κ3) is 1.58. The van der Waals surface area contributed by atoms with Gasteiger partial charge in [0.15, 0.2) is 0 Å². The second-order valence-corrected chi connectivity index (χ2v) is 5.61. The molecule has 1 aliphatic carbocycles. The van der Waals surface area contributed by atoms with E-state index in [1.807, 2.05) is 6.20 Å². The van der Waals surface area contributed by atoms with Crippen LogP contribution in [-0.4, -0.2) is 22.2 Å². The molecule has 4 heteroatoms. The van der Waals surface area contributed by atoms with E-state index in [0.717, 1.165) is 32.4 Å². The van der Waals surface area contributed by atoms with Gasteiger partial charge in [-0.3, -0.25) is 9.48 Å². The molecule has 1 aromatic heterocycles. The first-order valence-corrected chi connectivity index (χ1v) is 7.08. The Morgan fingerprint density at radius 3 is 3.00 bits per heavy atom. The summed E-state index contributed by atoms with van der Waals surface area (Å²) in [4.78, 5) is 12.2. The normalized spacial score (nSPS) is 25.8. The molecule has 0 bridgehead atoms. The Morgan fingerprint density at radius 1 is 1.50 bits per heavy atom. The Morgan fingerprint density at radius 2 is 2.28 bits per heavy atom. The van der Waals surface area contributed by atoms with Crippen molar-refractivity contribution in [2.45, 2.75) is 51.5 Å². The fourth-order valence-electron chi connectivity index (χ4n) is 3.73. The lowest BCUT2D eigenvalue weighted by molar-refractivity contribution is -0.127. The van der Waals surface area contributed by atoms with Crippen molar-refractivity contribution in [3.05, 3.63) is 18.0 Å². The van der Waals surface area contributed by atoms with Crippen LogP contribution < -0.4 is 5.32 Å². The summed E-state index contributed by atoms with van der Waals surface area (Å²) in [5.74, 6) is 0.593. The molecule has 1 amide bonds. The molecular weight excluding hydrogens is 226 g/mol. The number of nitrogens with zero attached hydrogens (tertiary/aromatic N) is 2. The van der Waals surface area contributed by atoms with Crippen LogP contribution in [0.1, 0.15) is 50.6 Å². The van der Waals surface area contributed by atoms with Gasteiger partial charge in [-0.1, -0.05) is 19.8 Å². The first-order valence-electron chi connectivity index (χ1n) is 7.08. The van der Waals surface area contributed by atoms with Gasteiger partial charge >= 0.3 is 0 Å². The van der Waals surface area contributed by atoms with Crippen LogP contribution in [0.4, 0.5) is 0 Å². The van der Waals surface area contributed by atoms with Crippen molar-refractivity contribution in [3.8, 4) is 0 Å². The maximum Gasteiger partial charge on any atom is 0.226 e. The lowest BCUT2D eigenvalue weighted by atomic mass is 9.74. The summed E-state index contributed by atoms with van der Waals surface area (Å²) < 4.78 is 2.09. The molecule has 1 spiro atoms. The number of carbonyl (C=O) groups excluding carboxylic acids is 1. The van der Waals surface area contributed by atoms with E-state index in [0.29, 0.717) is 5.92 Å². The summed E-state index contributed by atoms with van der Waals surface area (Å²) in [6, 6.07) is 2.10. The molecule has 2 heterocycles. The lowest BCUT2D eigenvalue weighted by Gasteiger charge is -2.28. The Balaban J connectivity index is 1.95. The minimum Gasteiger partial charge on any atom is -0.355 e. The Kier molecular flexibility index (Phi) is 2.88. The largest absolute Gasteiger partial charge is 0.355 e. The van der Waals surface area contributed by atoms with E-state index in [1.165, 1.54) is 18.5 Å². The highest BCUT2D eigenvalue weighted by atomic mass is 16.2. The van der Waals surface area contributed by atoms with E-state index in [-0.39, 0.29) is 11.3 Å². The molecular formula is C14H21N3O. The molecule has 1 saturated carbocycles. The number of hydrogen-bond acceptors (Lipinski definition) is 2. The Bertz CT molecular complexity index is 446. The number of nitrogens with one attached hydrogen (secondary N) is 1. The van der Waals surface area contributed by atoms with E-state index < -0.39 is 0 Å². The third-order valence-electron chi connectivity index (χ3n) is 4.62. The van der Waals surface area contributed by atoms with Crippen LogP contribution in [0.3, 0.4) is 0 Å². The number of carbonyl (C=O) groups is 1. The van der Waals surface area contributed by atoms with Gasteiger partial charge in [0.2, 0.25) is 5.91 Å². The first-order chi connectivity index (χ1) is 8.78. The monoisotopic (exact) mass is 247 g/mol. The molecule has 1 atom stereocenters. The minimum atomic E-state index is -0.133. The molecule has 18 heavy (non-hydrogen) atoms. The van der Waals surface area contributed by atoms with Gasteiger partial charge in [0.25, 0.3) is 0 Å². The molecule has 0 radical (unpaired) electrons. The second-order valence-electron chi connectivity index (χ2n) is 5.61. The van der Waals surface area contributed by atoms with Crippen molar-refractivity contribution in [3.63, 3.8) is 0 Å². The molecule has 1 aliphatic heterocycles. The summed E-state index contributed by atoms with van der Waals surface area (Å²) in [7, 11) is 0. The van der Waals surface area contributed by atoms with Crippen LogP contribution in [0.15, 0.2) is 12.3 Å². The summed E-state index contributed by atoms with van der Waals surface area (Å²) in [5, 5.41) is 7.49. The number of hydrogen-bond donors (Lipinski definition) is 1. The van der Waals surface area contributed by atoms with E-state index in [1.54, 1.807) is 0 Å². The fourth-order valence-corrected chi connectivity index (χ4v) is 3.73. The van der Waals surface area contributed by atoms with Gasteiger partial charge in [-0.15, -0.1) is 0 Å². The van der Waals surface area contributed by atoms with Gasteiger partial charge in [0.05, 0.1) is 5.41 Å². The Labute approximate surface area is 108 Å². The highest BCUT2D eigenvalue weighted by Crippen LogP contribution is 2.51. The number of rotatable bonds is 3. The molecule has 0 aromatic carbocycles. The molecule has 0 unspecified atom stereocenters. The highest BCUT2D eigenvalue weighted by Gasteiger charge is 2.52. The van der Waals surface area contributed by atoms with Gasteiger partial charge in [-0.2, -0.15) is 5.10 Å². The average Bonchev–Trinajstić information content (AvgIpc) is 3.05. The van der Waals surface area contributed by atoms with E-state index in [2.05, 4.69) is 28.1 Å². The van der Waals surface area contributed by atoms with Crippen LogP contribution in [0, 0.1) is 5.41 Å². The van der Waals surface area contributed by atoms with Crippen molar-refractivity contribution < 1.29 is 4.79 Å². The summed E-state index contributed by atoms with van der Waals surface area (Å²) in [6.45, 7) is 3.90. The van der Waals surface area contributed by atoms with Gasteiger partial charge in [0, 0.05) is 30.9 Å². The zero-order valence-corrected chi connectivity index (χ0v) is 11.0. The quantitative estimate of drug-likeness (QED) is 0.888. The van der Waals surface area contributed by atoms with Gasteiger partial charge < -0.3 is 5.32 Å². The maximum atomic E-state index is 12.2. The molecule has 1 saturated heterocycles. The van der Waals surface area contributed by atoms with Gasteiger partial charge in [0.1, 0.15) is 0 Å². The molecule has 2 fully saturated rings. The number of amides is 1. The fraction of sp³-hybridized carbons (Fsp3) is 0.714. The third-order valence-corrected chi connectivity index (χ3v) is 4.62. The zero-order valence-electron chi connectivity index (χ0n) is 11.0. The van der Waals surface area contributed by atoms with Crippen molar-refractivity contribution in [2.75, 3.05) is 6.54 Å². The predicted molar refractivity (Wildman–Crippen MR) is 69.2 cm³/mol. The number of aryl methyl sites for hydroxylation is 1. The maximum absolute atomic E-state index is 12.2. The molecule has 2 aliphatic rings. The molecule has 1 N–H and O–H groups in total. The molecule has 98 valence electrons. The topological polar surface area (TPSA) is 46.9 Å². The van der Waals surface area contributed by atoms with Crippen LogP contribution in [0.5, 0.6) is 0 Å². The van der Waals surface area contributed by atoms with Crippen molar-refractivity contribution in [2.24, 2.45) is 5.41 Å². The van der Waals surface area contributed by atoms with E-state index in [9.17, 15) is 4.79 Å². The van der Waals surface area contributed by atoms with Gasteiger partial charge in [-0.25, -0.2) is 0 Å². The lowest BCUT2D eigenvalue weighted by Crippen LogP contribution is -2.32. The van der Waals surface area contributed by atoms with E-state index >= 15 is 0 Å². The number of aromatic nitrogens is 2. The van der Waals surface area contributed by atoms with E-state index in [4.69, 9.17) is 0 Å². The highest BCUT2D eigenvalue weighted by molar-refractivity contribution is 5.86. The van der Waals surface area contributed by atoms with Crippen LogP contribution in [0.25, 0.3) is 0 Å². The summed E-state index contributed by atoms with van der Waals surface area (Å²) >= 11 is 0. The van der Waals surface area contributed by atoms with Crippen LogP contribution >= 0.6 is 0 Å². The molecule has 3 rings (SSSR count). The molecule has 1 aromatic rings. The molecule has 4 nitrogen and oxygen atoms in total. The van der Waals surface area contributed by atoms with Crippen LogP contribution in [0.2, 0.25) is 0 Å². The van der Waals surface area contributed by atoms with Crippen molar-refractivity contribution in [1.29, 1.82) is 0 Å². The van der Waals surface area contributed by atoms with Gasteiger partial charge in [-0.05, 0) is 25.3 Å². The SMILES string of the molecule is CCCn1nccc1[C@H]1CNC(=O)C12CCCC2. The Hall–Kier alpha value is -1.32. The van der Waals surface area contributed by atoms with Crippen molar-refractivity contribution >= 4 is 5.91 Å². The predicted octanol–water partition coefficient (Wildman–Crippen LogP) is 2.07. The summed E-state index contributed by atoms with van der Waals surface area (Å²) in [5.41, 5.74) is 1.11. The minimum absolute atomic E-state index is 0.133. The first kappa shape index (κ1) is 11.8.